The Balaban J connectivity index is 1.07. The molecule has 4 N–H and O–H groups in total. The van der Waals surface area contributed by atoms with Crippen molar-refractivity contribution < 1.29 is 18.1 Å². The minimum absolute atomic E-state index is 0.145. The van der Waals surface area contributed by atoms with E-state index in [0.29, 0.717) is 23.7 Å². The lowest BCUT2D eigenvalue weighted by Crippen LogP contribution is -2.46. The number of nitro benzene ring substituents is 1. The van der Waals surface area contributed by atoms with Crippen molar-refractivity contribution in [3.63, 3.8) is 0 Å². The second-order valence-electron chi connectivity index (χ2n) is 14.4. The first-order valence-electron chi connectivity index (χ1n) is 19.0. The number of hydrogen-bond acceptors (Lipinski definition) is 11. The molecule has 1 fully saturated rings. The number of sulfonamides is 1. The van der Waals surface area contributed by atoms with Gasteiger partial charge in [0.2, 0.25) is 0 Å². The Morgan fingerprint density at radius 2 is 1.64 bits per heavy atom. The minimum Gasteiger partial charge on any atom is -0.376 e. The molecule has 0 saturated carbocycles. The van der Waals surface area contributed by atoms with Gasteiger partial charge in [0.15, 0.2) is 0 Å². The number of halogens is 1. The summed E-state index contributed by atoms with van der Waals surface area (Å²) in [7, 11) is -0.523. The van der Waals surface area contributed by atoms with E-state index in [1.54, 1.807) is 36.0 Å². The van der Waals surface area contributed by atoms with E-state index in [1.807, 2.05) is 73.6 Å². The first-order chi connectivity index (χ1) is 27.9. The van der Waals surface area contributed by atoms with Crippen LogP contribution in [0.1, 0.15) is 27.9 Å². The number of piperazine rings is 1. The zero-order valence-electron chi connectivity index (χ0n) is 32.5. The van der Waals surface area contributed by atoms with Gasteiger partial charge in [0, 0.05) is 78.3 Å². The number of anilines is 2. The smallest absolute Gasteiger partial charge is 0.293 e. The second kappa shape index (κ2) is 19.7. The zero-order valence-corrected chi connectivity index (χ0v) is 34.9. The second-order valence-corrected chi connectivity index (χ2v) is 17.7. The van der Waals surface area contributed by atoms with Gasteiger partial charge in [-0.3, -0.25) is 19.8 Å². The Morgan fingerprint density at radius 3 is 2.29 bits per heavy atom. The Hall–Kier alpha value is -4.96. The van der Waals surface area contributed by atoms with Gasteiger partial charge in [-0.1, -0.05) is 60.1 Å². The van der Waals surface area contributed by atoms with Gasteiger partial charge < -0.3 is 20.9 Å². The molecule has 1 unspecified atom stereocenters. The lowest BCUT2D eigenvalue weighted by atomic mass is 9.97. The van der Waals surface area contributed by atoms with E-state index >= 15 is 0 Å². The molecule has 12 nitrogen and oxygen atoms in total. The summed E-state index contributed by atoms with van der Waals surface area (Å²) in [6.45, 7) is 5.13. The molecule has 58 heavy (non-hydrogen) atoms. The Bertz CT molecular complexity index is 2290. The molecule has 0 aromatic heterocycles. The molecule has 5 aromatic carbocycles. The normalized spacial score (nSPS) is 14.0. The number of thioether (sulfide) groups is 1. The molecule has 1 atom stereocenters. The van der Waals surface area contributed by atoms with Crippen molar-refractivity contribution in [1.82, 2.24) is 14.5 Å². The topological polar surface area (TPSA) is 154 Å². The maximum Gasteiger partial charge on any atom is 0.293 e. The molecule has 1 aliphatic rings. The molecule has 1 amide bonds. The number of benzene rings is 5. The van der Waals surface area contributed by atoms with E-state index in [2.05, 4.69) is 38.0 Å². The van der Waals surface area contributed by atoms with Crippen LogP contribution in [0.5, 0.6) is 0 Å². The van der Waals surface area contributed by atoms with Crippen LogP contribution in [0.15, 0.2) is 125 Å². The van der Waals surface area contributed by atoms with Crippen molar-refractivity contribution in [3.8, 4) is 11.1 Å². The van der Waals surface area contributed by atoms with Crippen molar-refractivity contribution in [2.24, 2.45) is 5.73 Å². The summed E-state index contributed by atoms with van der Waals surface area (Å²) in [5.74, 6) is -0.198. The van der Waals surface area contributed by atoms with Gasteiger partial charge in [0.1, 0.15) is 5.69 Å². The summed E-state index contributed by atoms with van der Waals surface area (Å²) in [5.41, 5.74) is 11.4. The molecule has 1 saturated heterocycles. The van der Waals surface area contributed by atoms with Gasteiger partial charge in [0.05, 0.1) is 9.82 Å². The minimum atomic E-state index is -4.44. The van der Waals surface area contributed by atoms with Crippen LogP contribution in [-0.4, -0.2) is 87.7 Å². The van der Waals surface area contributed by atoms with Gasteiger partial charge >= 0.3 is 0 Å². The molecule has 0 aliphatic carbocycles. The number of hydrogen-bond donors (Lipinski definition) is 3. The summed E-state index contributed by atoms with van der Waals surface area (Å²) in [6, 6.07) is 34.3. The van der Waals surface area contributed by atoms with Gasteiger partial charge in [-0.2, -0.15) is 0 Å². The largest absolute Gasteiger partial charge is 0.376 e. The lowest BCUT2D eigenvalue weighted by Gasteiger charge is -2.36. The third-order valence-electron chi connectivity index (χ3n) is 10.0. The number of carbonyl (C=O) groups excluding carboxylic acids is 1. The van der Waals surface area contributed by atoms with Crippen LogP contribution in [-0.2, 0) is 23.1 Å². The van der Waals surface area contributed by atoms with Crippen LogP contribution in [0.4, 0.5) is 17.1 Å². The van der Waals surface area contributed by atoms with E-state index in [0.717, 1.165) is 72.6 Å². The number of nitrogens with one attached hydrogen (secondary N) is 2. The molecule has 0 radical (unpaired) electrons. The number of rotatable bonds is 17. The third-order valence-corrected chi connectivity index (χ3v) is 12.8. The number of nitro groups is 1. The van der Waals surface area contributed by atoms with E-state index < -0.39 is 26.5 Å². The standard InChI is InChI=1S/C43H48ClN7O5S2/c1-48(2)21-20-36(30-57-38-6-4-3-5-7-38)46-41-19-17-39(27-42(41)51(53)54)58(55,56)47-43(52)33-11-15-37(16-12-33)50-24-22-49(23-25-50)29-34-26-31(28-45)8-18-40(34)32-9-13-35(44)14-10-32/h3-19,26-27,36,46H,20-25,28-30,45H2,1-2H3,(H,47,52). The Kier molecular flexibility index (Phi) is 14.5. The van der Waals surface area contributed by atoms with E-state index in [4.69, 9.17) is 17.3 Å². The van der Waals surface area contributed by atoms with Crippen molar-refractivity contribution in [3.05, 3.63) is 147 Å². The Labute approximate surface area is 349 Å². The number of amides is 1. The molecule has 6 rings (SSSR count). The van der Waals surface area contributed by atoms with Gasteiger partial charge in [0.25, 0.3) is 21.6 Å². The molecule has 304 valence electrons. The predicted molar refractivity (Wildman–Crippen MR) is 234 cm³/mol. The average molecular weight is 842 g/mol. The molecular weight excluding hydrogens is 794 g/mol. The van der Waals surface area contributed by atoms with Gasteiger partial charge in [-0.15, -0.1) is 11.8 Å². The summed E-state index contributed by atoms with van der Waals surface area (Å²) in [4.78, 5) is 32.1. The van der Waals surface area contributed by atoms with E-state index in [1.165, 1.54) is 17.7 Å². The maximum atomic E-state index is 13.4. The highest BCUT2D eigenvalue weighted by Gasteiger charge is 2.26. The molecule has 0 bridgehead atoms. The Morgan fingerprint density at radius 1 is 0.931 bits per heavy atom. The van der Waals surface area contributed by atoms with Crippen LogP contribution >= 0.6 is 23.4 Å². The van der Waals surface area contributed by atoms with Crippen molar-refractivity contribution in [1.29, 1.82) is 0 Å². The first kappa shape index (κ1) is 42.6. The van der Waals surface area contributed by atoms with Crippen molar-refractivity contribution >= 4 is 56.4 Å². The lowest BCUT2D eigenvalue weighted by molar-refractivity contribution is -0.384. The first-order valence-corrected chi connectivity index (χ1v) is 21.8. The van der Waals surface area contributed by atoms with E-state index in [-0.39, 0.29) is 22.2 Å². The maximum absolute atomic E-state index is 13.4. The fourth-order valence-corrected chi connectivity index (χ4v) is 8.89. The van der Waals surface area contributed by atoms with Crippen LogP contribution < -0.4 is 20.7 Å². The quantitative estimate of drug-likeness (QED) is 0.0490. The van der Waals surface area contributed by atoms with Crippen LogP contribution in [0.3, 0.4) is 0 Å². The van der Waals surface area contributed by atoms with E-state index in [9.17, 15) is 23.3 Å². The monoisotopic (exact) mass is 841 g/mol. The SMILES string of the molecule is CN(C)CCC(CSc1ccccc1)Nc1ccc(S(=O)(=O)NC(=O)c2ccc(N3CCN(Cc4cc(CN)ccc4-c4ccc(Cl)cc4)CC3)cc2)cc1[N+](=O)[O-]. The highest BCUT2D eigenvalue weighted by atomic mass is 35.5. The van der Waals surface area contributed by atoms with Crippen molar-refractivity contribution in [2.45, 2.75) is 35.3 Å². The highest BCUT2D eigenvalue weighted by Crippen LogP contribution is 2.31. The van der Waals surface area contributed by atoms with Crippen LogP contribution in [0.25, 0.3) is 11.1 Å². The number of nitrogens with two attached hydrogens (primary N) is 1. The van der Waals surface area contributed by atoms with Crippen LogP contribution in [0, 0.1) is 10.1 Å². The highest BCUT2D eigenvalue weighted by molar-refractivity contribution is 7.99. The summed E-state index contributed by atoms with van der Waals surface area (Å²) in [5, 5.41) is 16.2. The fourth-order valence-electron chi connectivity index (χ4n) is 6.78. The predicted octanol–water partition coefficient (Wildman–Crippen LogP) is 7.34. The van der Waals surface area contributed by atoms with Gasteiger partial charge in [-0.25, -0.2) is 13.1 Å². The molecule has 1 heterocycles. The number of carbonyl (C=O) groups is 1. The molecule has 0 spiro atoms. The molecule has 15 heteroatoms. The summed E-state index contributed by atoms with van der Waals surface area (Å²) < 4.78 is 28.8. The summed E-state index contributed by atoms with van der Waals surface area (Å²) in [6.07, 6.45) is 0.701. The zero-order chi connectivity index (χ0) is 41.2. The van der Waals surface area contributed by atoms with Crippen LogP contribution in [0.2, 0.25) is 5.02 Å². The summed E-state index contributed by atoms with van der Waals surface area (Å²) >= 11 is 7.78. The molecule has 1 aliphatic heterocycles. The molecule has 5 aromatic rings. The third kappa shape index (κ3) is 11.4. The van der Waals surface area contributed by atoms with Gasteiger partial charge in [-0.05, 0) is 110 Å². The average Bonchev–Trinajstić information content (AvgIpc) is 3.22. The van der Waals surface area contributed by atoms with Crippen molar-refractivity contribution in [2.75, 3.05) is 62.8 Å². The molecular formula is C43H48ClN7O5S2. The fraction of sp³-hybridized carbons (Fsp3) is 0.279. The number of nitrogens with zero attached hydrogens (tertiary/aromatic N) is 4.